The molecular formula is C17H16ClFN2O4. The van der Waals surface area contributed by atoms with Gasteiger partial charge in [-0.05, 0) is 36.8 Å². The highest BCUT2D eigenvalue weighted by Crippen LogP contribution is 2.36. The normalized spacial score (nSPS) is 10.2. The van der Waals surface area contributed by atoms with Gasteiger partial charge in [0.05, 0.1) is 17.8 Å². The number of halogens is 2. The molecule has 0 unspecified atom stereocenters. The highest BCUT2D eigenvalue weighted by atomic mass is 35.5. The monoisotopic (exact) mass is 366 g/mol. The maximum atomic E-state index is 13.9. The molecule has 6 nitrogen and oxygen atoms in total. The first-order valence-corrected chi connectivity index (χ1v) is 7.55. The molecule has 0 atom stereocenters. The summed E-state index contributed by atoms with van der Waals surface area (Å²) in [5, 5.41) is 2.51. The molecule has 2 aromatic carbocycles. The zero-order valence-electron chi connectivity index (χ0n) is 13.6. The number of aryl methyl sites for hydroxylation is 1. The van der Waals surface area contributed by atoms with Crippen molar-refractivity contribution in [3.05, 3.63) is 52.3 Å². The quantitative estimate of drug-likeness (QED) is 0.822. The number of hydrogen-bond donors (Lipinski definition) is 2. The van der Waals surface area contributed by atoms with Crippen molar-refractivity contribution in [1.82, 2.24) is 0 Å². The van der Waals surface area contributed by atoms with Crippen LogP contribution in [0, 0.1) is 12.7 Å². The summed E-state index contributed by atoms with van der Waals surface area (Å²) in [6.07, 6.45) is 0. The maximum absolute atomic E-state index is 13.9. The number of benzene rings is 2. The molecular weight excluding hydrogens is 351 g/mol. The van der Waals surface area contributed by atoms with Crippen LogP contribution in [-0.4, -0.2) is 25.5 Å². The summed E-state index contributed by atoms with van der Waals surface area (Å²) < 4.78 is 24.2. The number of primary amides is 1. The number of amides is 2. The lowest BCUT2D eigenvalue weighted by molar-refractivity contribution is -0.119. The van der Waals surface area contributed by atoms with Crippen molar-refractivity contribution >= 4 is 29.1 Å². The molecule has 2 aromatic rings. The molecule has 0 aliphatic rings. The van der Waals surface area contributed by atoms with Gasteiger partial charge in [-0.25, -0.2) is 4.39 Å². The van der Waals surface area contributed by atoms with E-state index in [0.29, 0.717) is 0 Å². The van der Waals surface area contributed by atoms with Crippen LogP contribution in [0.3, 0.4) is 0 Å². The minimum absolute atomic E-state index is 0.0414. The highest BCUT2D eigenvalue weighted by molar-refractivity contribution is 6.32. The van der Waals surface area contributed by atoms with Crippen molar-refractivity contribution in [2.75, 3.05) is 19.0 Å². The number of carbonyl (C=O) groups is 2. The lowest BCUT2D eigenvalue weighted by Gasteiger charge is -2.13. The van der Waals surface area contributed by atoms with Gasteiger partial charge < -0.3 is 20.5 Å². The van der Waals surface area contributed by atoms with Crippen LogP contribution in [0.4, 0.5) is 10.1 Å². The molecule has 2 rings (SSSR count). The molecule has 132 valence electrons. The molecule has 0 aliphatic heterocycles. The molecule has 0 aliphatic carbocycles. The van der Waals surface area contributed by atoms with Crippen molar-refractivity contribution in [2.45, 2.75) is 6.92 Å². The van der Waals surface area contributed by atoms with Gasteiger partial charge in [0.25, 0.3) is 11.8 Å². The fourth-order valence-corrected chi connectivity index (χ4v) is 2.32. The van der Waals surface area contributed by atoms with Gasteiger partial charge in [0.1, 0.15) is 5.82 Å². The van der Waals surface area contributed by atoms with Crippen molar-refractivity contribution in [3.8, 4) is 11.5 Å². The molecule has 0 heterocycles. The number of anilines is 1. The van der Waals surface area contributed by atoms with Gasteiger partial charge in [0, 0.05) is 5.56 Å². The lowest BCUT2D eigenvalue weighted by atomic mass is 10.1. The van der Waals surface area contributed by atoms with Gasteiger partial charge >= 0.3 is 0 Å². The average Bonchev–Trinajstić information content (AvgIpc) is 2.55. The second-order valence-electron chi connectivity index (χ2n) is 5.18. The van der Waals surface area contributed by atoms with Crippen molar-refractivity contribution in [3.63, 3.8) is 0 Å². The number of methoxy groups -OCH3 is 1. The van der Waals surface area contributed by atoms with E-state index in [9.17, 15) is 14.0 Å². The van der Waals surface area contributed by atoms with Crippen LogP contribution >= 0.6 is 11.6 Å². The van der Waals surface area contributed by atoms with E-state index in [1.807, 2.05) is 0 Å². The number of nitrogens with two attached hydrogens (primary N) is 1. The minimum atomic E-state index is -0.685. The lowest BCUT2D eigenvalue weighted by Crippen LogP contribution is -2.20. The number of nitrogens with one attached hydrogen (secondary N) is 1. The van der Waals surface area contributed by atoms with Crippen molar-refractivity contribution in [2.24, 2.45) is 5.73 Å². The molecule has 0 fully saturated rings. The SMILES string of the molecule is COc1cc(C(=O)Nc2ccc(C)cc2F)cc(Cl)c1OCC(N)=O. The van der Waals surface area contributed by atoms with Crippen LogP contribution in [0.1, 0.15) is 15.9 Å². The Balaban J connectivity index is 2.27. The Labute approximate surface area is 148 Å². The molecule has 2 amide bonds. The van der Waals surface area contributed by atoms with Gasteiger partial charge in [-0.2, -0.15) is 0 Å². The van der Waals surface area contributed by atoms with Gasteiger partial charge in [0.15, 0.2) is 18.1 Å². The predicted molar refractivity (Wildman–Crippen MR) is 91.8 cm³/mol. The minimum Gasteiger partial charge on any atom is -0.493 e. The Morgan fingerprint density at radius 3 is 2.60 bits per heavy atom. The molecule has 0 aromatic heterocycles. The first-order valence-electron chi connectivity index (χ1n) is 7.18. The van der Waals surface area contributed by atoms with Crippen LogP contribution in [0.5, 0.6) is 11.5 Å². The molecule has 0 radical (unpaired) electrons. The Hall–Kier alpha value is -2.80. The van der Waals surface area contributed by atoms with Gasteiger partial charge in [0.2, 0.25) is 0 Å². The van der Waals surface area contributed by atoms with Crippen molar-refractivity contribution in [1.29, 1.82) is 0 Å². The second-order valence-corrected chi connectivity index (χ2v) is 5.59. The summed E-state index contributed by atoms with van der Waals surface area (Å²) in [5.41, 5.74) is 5.93. The smallest absolute Gasteiger partial charge is 0.255 e. The number of ether oxygens (including phenoxy) is 2. The van der Waals surface area contributed by atoms with Gasteiger partial charge in [-0.3, -0.25) is 9.59 Å². The van der Waals surface area contributed by atoms with Gasteiger partial charge in [-0.15, -0.1) is 0 Å². The number of carbonyl (C=O) groups excluding carboxylic acids is 2. The summed E-state index contributed by atoms with van der Waals surface area (Å²) in [4.78, 5) is 23.2. The van der Waals surface area contributed by atoms with E-state index in [0.717, 1.165) is 5.56 Å². The Morgan fingerprint density at radius 1 is 1.28 bits per heavy atom. The van der Waals surface area contributed by atoms with Crippen molar-refractivity contribution < 1.29 is 23.5 Å². The fraction of sp³-hybridized carbons (Fsp3) is 0.176. The van der Waals surface area contributed by atoms with Crippen LogP contribution < -0.4 is 20.5 Å². The van der Waals surface area contributed by atoms with E-state index in [2.05, 4.69) is 5.32 Å². The summed E-state index contributed by atoms with van der Waals surface area (Å²) in [6, 6.07) is 7.13. The standard InChI is InChI=1S/C17H16ClFN2O4/c1-9-3-4-13(12(19)5-9)21-17(23)10-6-11(18)16(14(7-10)24-2)25-8-15(20)22/h3-7H,8H2,1-2H3,(H2,20,22)(H,21,23). The second kappa shape index (κ2) is 7.85. The first-order chi connectivity index (χ1) is 11.8. The summed E-state index contributed by atoms with van der Waals surface area (Å²) in [6.45, 7) is 1.35. The third kappa shape index (κ3) is 4.60. The topological polar surface area (TPSA) is 90.7 Å². The van der Waals surface area contributed by atoms with Crippen LogP contribution in [0.2, 0.25) is 5.02 Å². The average molecular weight is 367 g/mol. The Kier molecular flexibility index (Phi) is 5.82. The molecule has 8 heteroatoms. The summed E-state index contributed by atoms with van der Waals surface area (Å²) in [7, 11) is 1.35. The molecule has 0 saturated heterocycles. The molecule has 3 N–H and O–H groups in total. The molecule has 0 bridgehead atoms. The molecule has 0 saturated carbocycles. The van der Waals surface area contributed by atoms with E-state index in [4.69, 9.17) is 26.8 Å². The third-order valence-corrected chi connectivity index (χ3v) is 3.50. The predicted octanol–water partition coefficient (Wildman–Crippen LogP) is 2.91. The molecule has 25 heavy (non-hydrogen) atoms. The third-order valence-electron chi connectivity index (χ3n) is 3.22. The summed E-state index contributed by atoms with van der Waals surface area (Å²) in [5.74, 6) is -1.59. The first kappa shape index (κ1) is 18.5. The van der Waals surface area contributed by atoms with Crippen LogP contribution in [-0.2, 0) is 4.79 Å². The zero-order valence-corrected chi connectivity index (χ0v) is 14.3. The van der Waals surface area contributed by atoms with E-state index in [-0.39, 0.29) is 27.8 Å². The van der Waals surface area contributed by atoms with E-state index in [1.165, 1.54) is 31.4 Å². The van der Waals surface area contributed by atoms with Crippen LogP contribution in [0.15, 0.2) is 30.3 Å². The Bertz CT molecular complexity index is 827. The largest absolute Gasteiger partial charge is 0.493 e. The number of hydrogen-bond acceptors (Lipinski definition) is 4. The maximum Gasteiger partial charge on any atom is 0.255 e. The van der Waals surface area contributed by atoms with E-state index in [1.54, 1.807) is 13.0 Å². The molecule has 0 spiro atoms. The number of rotatable bonds is 6. The fourth-order valence-electron chi connectivity index (χ4n) is 2.05. The summed E-state index contributed by atoms with van der Waals surface area (Å²) >= 11 is 6.08. The van der Waals surface area contributed by atoms with E-state index < -0.39 is 24.2 Å². The Morgan fingerprint density at radius 2 is 2.00 bits per heavy atom. The van der Waals surface area contributed by atoms with E-state index >= 15 is 0 Å². The van der Waals surface area contributed by atoms with Gasteiger partial charge in [-0.1, -0.05) is 17.7 Å². The zero-order chi connectivity index (χ0) is 18.6. The van der Waals surface area contributed by atoms with Crippen LogP contribution in [0.25, 0.3) is 0 Å². The highest BCUT2D eigenvalue weighted by Gasteiger charge is 2.17.